The summed E-state index contributed by atoms with van der Waals surface area (Å²) in [6.07, 6.45) is 3.45. The lowest BCUT2D eigenvalue weighted by molar-refractivity contribution is -0.123. The number of hydrogen-bond donors (Lipinski definition) is 4. The quantitative estimate of drug-likeness (QED) is 0.248. The molecule has 0 heterocycles. The summed E-state index contributed by atoms with van der Waals surface area (Å²) in [6, 6.07) is 0. The van der Waals surface area contributed by atoms with Crippen LogP contribution in [0.3, 0.4) is 0 Å². The van der Waals surface area contributed by atoms with Crippen LogP contribution in [0.15, 0.2) is 0 Å². The zero-order valence-corrected chi connectivity index (χ0v) is 12.8. The van der Waals surface area contributed by atoms with Crippen LogP contribution < -0.4 is 22.1 Å². The highest BCUT2D eigenvalue weighted by Crippen LogP contribution is 2.14. The van der Waals surface area contributed by atoms with Crippen molar-refractivity contribution >= 4 is 17.5 Å². The first-order valence-electron chi connectivity index (χ1n) is 7.39. The number of rotatable bonds is 14. The van der Waals surface area contributed by atoms with Crippen LogP contribution in [0, 0.1) is 5.92 Å². The summed E-state index contributed by atoms with van der Waals surface area (Å²) in [5, 5.41) is 6.08. The first kappa shape index (κ1) is 19.7. The molecule has 0 spiro atoms. The Morgan fingerprint density at radius 3 is 2.38 bits per heavy atom. The highest BCUT2D eigenvalue weighted by Gasteiger charge is 2.15. The molecule has 122 valence electrons. The molecule has 0 aromatic heterocycles. The maximum absolute atomic E-state index is 11.3. The number of unbranched alkanes of at least 4 members (excludes halogenated alkanes) is 1. The number of carbonyl (C=O) groups is 3. The first-order chi connectivity index (χ1) is 9.97. The first-order valence-corrected chi connectivity index (χ1v) is 7.39. The second-order valence-corrected chi connectivity index (χ2v) is 5.18. The fraction of sp³-hybridized carbons (Fsp3) is 0.786. The smallest absolute Gasteiger partial charge is 0.220 e. The Hall–Kier alpha value is -1.31. The second-order valence-electron chi connectivity index (χ2n) is 5.18. The molecule has 0 rings (SSSR count). The van der Waals surface area contributed by atoms with Gasteiger partial charge in [-0.3, -0.25) is 14.9 Å². The molecule has 0 fully saturated rings. The van der Waals surface area contributed by atoms with E-state index >= 15 is 0 Å². The zero-order chi connectivity index (χ0) is 16.1. The van der Waals surface area contributed by atoms with E-state index in [2.05, 4.69) is 10.6 Å². The summed E-state index contributed by atoms with van der Waals surface area (Å²) in [7, 11) is 0. The molecule has 7 heteroatoms. The Labute approximate surface area is 126 Å². The van der Waals surface area contributed by atoms with Gasteiger partial charge in [0.1, 0.15) is 5.78 Å². The van der Waals surface area contributed by atoms with E-state index in [1.54, 1.807) is 0 Å². The van der Waals surface area contributed by atoms with E-state index in [-0.39, 0.29) is 36.5 Å². The summed E-state index contributed by atoms with van der Waals surface area (Å²) < 4.78 is 0. The molecule has 0 aliphatic rings. The summed E-state index contributed by atoms with van der Waals surface area (Å²) in [6.45, 7) is 3.20. The molecule has 6 N–H and O–H groups in total. The number of primary amides is 1. The van der Waals surface area contributed by atoms with Crippen molar-refractivity contribution in [2.75, 3.05) is 26.3 Å². The molecule has 0 bridgehead atoms. The van der Waals surface area contributed by atoms with Gasteiger partial charge in [0.15, 0.2) is 5.78 Å². The number of Topliss-reactive ketones (excluding diaryl/α,β-unsaturated/α-hetero) is 2. The van der Waals surface area contributed by atoms with Crippen LogP contribution in [-0.4, -0.2) is 43.8 Å². The van der Waals surface area contributed by atoms with Gasteiger partial charge in [0.2, 0.25) is 5.91 Å². The molecule has 0 aromatic carbocycles. The van der Waals surface area contributed by atoms with Gasteiger partial charge in [0, 0.05) is 19.0 Å². The molecular formula is C14H28N4O3. The van der Waals surface area contributed by atoms with Crippen LogP contribution in [0.1, 0.15) is 39.0 Å². The third kappa shape index (κ3) is 12.2. The van der Waals surface area contributed by atoms with E-state index in [1.807, 2.05) is 0 Å². The normalized spacial score (nSPS) is 12.1. The Bertz CT molecular complexity index is 334. The van der Waals surface area contributed by atoms with Crippen molar-refractivity contribution in [2.24, 2.45) is 17.4 Å². The van der Waals surface area contributed by atoms with Gasteiger partial charge in [-0.25, -0.2) is 0 Å². The van der Waals surface area contributed by atoms with E-state index in [0.717, 1.165) is 19.4 Å². The van der Waals surface area contributed by atoms with Crippen molar-refractivity contribution in [3.8, 4) is 0 Å². The number of carbonyl (C=O) groups excluding carboxylic acids is 3. The van der Waals surface area contributed by atoms with Crippen molar-refractivity contribution in [3.63, 3.8) is 0 Å². The minimum absolute atomic E-state index is 0.0217. The molecule has 0 saturated carbocycles. The van der Waals surface area contributed by atoms with Crippen LogP contribution >= 0.6 is 0 Å². The number of nitrogens with one attached hydrogen (secondary N) is 2. The average Bonchev–Trinajstić information content (AvgIpc) is 2.43. The third-order valence-electron chi connectivity index (χ3n) is 3.20. The van der Waals surface area contributed by atoms with Gasteiger partial charge in [0.25, 0.3) is 0 Å². The van der Waals surface area contributed by atoms with Crippen LogP contribution in [0.4, 0.5) is 0 Å². The highest BCUT2D eigenvalue weighted by atomic mass is 16.1. The average molecular weight is 300 g/mol. The number of amides is 1. The van der Waals surface area contributed by atoms with E-state index < -0.39 is 0 Å². The van der Waals surface area contributed by atoms with Crippen molar-refractivity contribution in [1.29, 1.82) is 0 Å². The van der Waals surface area contributed by atoms with Gasteiger partial charge in [-0.2, -0.15) is 0 Å². The molecule has 0 saturated heterocycles. The Morgan fingerprint density at radius 2 is 1.81 bits per heavy atom. The van der Waals surface area contributed by atoms with Crippen LogP contribution in [0.25, 0.3) is 0 Å². The number of ketones is 2. The van der Waals surface area contributed by atoms with Gasteiger partial charge in [-0.15, -0.1) is 0 Å². The molecule has 7 nitrogen and oxygen atoms in total. The molecule has 0 radical (unpaired) electrons. The molecule has 0 aliphatic heterocycles. The van der Waals surface area contributed by atoms with Crippen molar-refractivity contribution in [3.05, 3.63) is 0 Å². The highest BCUT2D eigenvalue weighted by molar-refractivity contribution is 5.82. The van der Waals surface area contributed by atoms with Crippen molar-refractivity contribution in [2.45, 2.75) is 39.0 Å². The molecule has 0 unspecified atom stereocenters. The molecule has 0 aliphatic carbocycles. The zero-order valence-electron chi connectivity index (χ0n) is 12.8. The van der Waals surface area contributed by atoms with Crippen LogP contribution in [0.5, 0.6) is 0 Å². The monoisotopic (exact) mass is 300 g/mol. The number of nitrogens with two attached hydrogens (primary N) is 2. The van der Waals surface area contributed by atoms with Crippen LogP contribution in [-0.2, 0) is 14.4 Å². The minimum atomic E-state index is -0.328. The number of hydrogen-bond acceptors (Lipinski definition) is 6. The Kier molecular flexibility index (Phi) is 11.7. The summed E-state index contributed by atoms with van der Waals surface area (Å²) >= 11 is 0. The van der Waals surface area contributed by atoms with Gasteiger partial charge >= 0.3 is 0 Å². The predicted molar refractivity (Wildman–Crippen MR) is 81.4 cm³/mol. The lowest BCUT2D eigenvalue weighted by Crippen LogP contribution is -2.35. The van der Waals surface area contributed by atoms with E-state index in [1.165, 1.54) is 6.92 Å². The van der Waals surface area contributed by atoms with E-state index in [9.17, 15) is 14.4 Å². The Balaban J connectivity index is 3.56. The summed E-state index contributed by atoms with van der Waals surface area (Å²) in [5.74, 6) is -0.479. The maximum atomic E-state index is 11.3. The molecule has 1 amide bonds. The lowest BCUT2D eigenvalue weighted by Gasteiger charge is -2.12. The second kappa shape index (κ2) is 12.4. The molecular weight excluding hydrogens is 272 g/mol. The van der Waals surface area contributed by atoms with E-state index in [4.69, 9.17) is 11.5 Å². The largest absolute Gasteiger partial charge is 0.369 e. The predicted octanol–water partition coefficient (Wildman–Crippen LogP) is -0.708. The summed E-state index contributed by atoms with van der Waals surface area (Å²) in [5.41, 5.74) is 10.5. The standard InChI is InChI=1S/C14H28N4O3/c1-11(19)5-6-12(14(16)21)4-2-3-7-17-10-18-9-13(20)8-15/h12,17-18H,2-10,15H2,1H3,(H2,16,21)/t12-/m1/s1. The fourth-order valence-electron chi connectivity index (χ4n) is 1.90. The SMILES string of the molecule is CC(=O)CC[C@@H](CCCCNCNCC(=O)CN)C(N)=O. The summed E-state index contributed by atoms with van der Waals surface area (Å²) in [4.78, 5) is 33.1. The minimum Gasteiger partial charge on any atom is -0.369 e. The van der Waals surface area contributed by atoms with Gasteiger partial charge < -0.3 is 21.6 Å². The van der Waals surface area contributed by atoms with Crippen molar-refractivity contribution < 1.29 is 14.4 Å². The van der Waals surface area contributed by atoms with Gasteiger partial charge in [-0.1, -0.05) is 6.42 Å². The van der Waals surface area contributed by atoms with Crippen molar-refractivity contribution in [1.82, 2.24) is 10.6 Å². The Morgan fingerprint density at radius 1 is 1.10 bits per heavy atom. The lowest BCUT2D eigenvalue weighted by atomic mass is 9.95. The third-order valence-corrected chi connectivity index (χ3v) is 3.20. The maximum Gasteiger partial charge on any atom is 0.220 e. The molecule has 0 aromatic rings. The topological polar surface area (TPSA) is 127 Å². The van der Waals surface area contributed by atoms with Gasteiger partial charge in [-0.05, 0) is 32.7 Å². The van der Waals surface area contributed by atoms with Gasteiger partial charge in [0.05, 0.1) is 13.1 Å². The van der Waals surface area contributed by atoms with E-state index in [0.29, 0.717) is 25.9 Å². The fourth-order valence-corrected chi connectivity index (χ4v) is 1.90. The molecule has 1 atom stereocenters. The molecule has 21 heavy (non-hydrogen) atoms. The van der Waals surface area contributed by atoms with Crippen LogP contribution in [0.2, 0.25) is 0 Å².